The van der Waals surface area contributed by atoms with Crippen molar-refractivity contribution in [3.8, 4) is 0 Å². The zero-order valence-corrected chi connectivity index (χ0v) is 11.3. The number of nitrogen functional groups attached to an aromatic ring is 1. The minimum absolute atomic E-state index is 0.713. The lowest BCUT2D eigenvalue weighted by atomic mass is 10.1. The average molecular weight is 248 g/mol. The van der Waals surface area contributed by atoms with Crippen LogP contribution in [0.25, 0.3) is 0 Å². The van der Waals surface area contributed by atoms with Gasteiger partial charge in [0.05, 0.1) is 6.61 Å². The molecular weight excluding hydrogens is 224 g/mol. The summed E-state index contributed by atoms with van der Waals surface area (Å²) in [5, 5.41) is 0. The van der Waals surface area contributed by atoms with Crippen molar-refractivity contribution in [3.05, 3.63) is 29.8 Å². The van der Waals surface area contributed by atoms with E-state index in [1.807, 2.05) is 12.1 Å². The Morgan fingerprint density at radius 1 is 1.33 bits per heavy atom. The summed E-state index contributed by atoms with van der Waals surface area (Å²) < 4.78 is 5.46. The fraction of sp³-hybridized carbons (Fsp3) is 0.600. The lowest BCUT2D eigenvalue weighted by molar-refractivity contribution is 0.164. The number of nitrogens with zero attached hydrogens (tertiary/aromatic N) is 1. The third-order valence-corrected chi connectivity index (χ3v) is 3.47. The van der Waals surface area contributed by atoms with Crippen molar-refractivity contribution in [2.24, 2.45) is 5.92 Å². The van der Waals surface area contributed by atoms with Gasteiger partial charge in [-0.25, -0.2) is 0 Å². The lowest BCUT2D eigenvalue weighted by Gasteiger charge is -2.24. The van der Waals surface area contributed by atoms with Gasteiger partial charge >= 0.3 is 0 Å². The van der Waals surface area contributed by atoms with E-state index in [0.29, 0.717) is 5.92 Å². The molecule has 1 aliphatic rings. The Morgan fingerprint density at radius 3 is 2.72 bits per heavy atom. The average Bonchev–Trinajstić information content (AvgIpc) is 2.85. The van der Waals surface area contributed by atoms with Crippen molar-refractivity contribution in [3.63, 3.8) is 0 Å². The molecule has 100 valence electrons. The maximum absolute atomic E-state index is 5.72. The Bertz CT molecular complexity index is 344. The van der Waals surface area contributed by atoms with Gasteiger partial charge in [0, 0.05) is 25.4 Å². The number of rotatable bonds is 6. The minimum atomic E-state index is 0.713. The number of hydrogen-bond donors (Lipinski definition) is 1. The SMILES string of the molecule is CCCN(Cc1ccc(N)cc1)CC1CCOC1. The van der Waals surface area contributed by atoms with Crippen LogP contribution in [0.2, 0.25) is 0 Å². The number of anilines is 1. The van der Waals surface area contributed by atoms with Gasteiger partial charge < -0.3 is 10.5 Å². The van der Waals surface area contributed by atoms with Gasteiger partial charge in [-0.2, -0.15) is 0 Å². The Labute approximate surface area is 110 Å². The molecule has 2 rings (SSSR count). The van der Waals surface area contributed by atoms with Gasteiger partial charge in [-0.15, -0.1) is 0 Å². The fourth-order valence-electron chi connectivity index (χ4n) is 2.52. The van der Waals surface area contributed by atoms with Crippen molar-refractivity contribution in [2.45, 2.75) is 26.3 Å². The van der Waals surface area contributed by atoms with E-state index in [0.717, 1.165) is 38.5 Å². The topological polar surface area (TPSA) is 38.5 Å². The molecule has 0 spiro atoms. The van der Waals surface area contributed by atoms with Gasteiger partial charge in [-0.3, -0.25) is 4.90 Å². The maximum Gasteiger partial charge on any atom is 0.0507 e. The van der Waals surface area contributed by atoms with Gasteiger partial charge in [0.15, 0.2) is 0 Å². The minimum Gasteiger partial charge on any atom is -0.399 e. The number of nitrogens with two attached hydrogens (primary N) is 1. The molecule has 1 saturated heterocycles. The van der Waals surface area contributed by atoms with Crippen molar-refractivity contribution in [2.75, 3.05) is 32.0 Å². The van der Waals surface area contributed by atoms with Gasteiger partial charge in [0.1, 0.15) is 0 Å². The molecule has 1 fully saturated rings. The molecule has 0 amide bonds. The Morgan fingerprint density at radius 2 is 2.11 bits per heavy atom. The first-order chi connectivity index (χ1) is 8.78. The van der Waals surface area contributed by atoms with Crippen molar-refractivity contribution >= 4 is 5.69 Å². The summed E-state index contributed by atoms with van der Waals surface area (Å²) in [7, 11) is 0. The molecule has 0 bridgehead atoms. The standard InChI is InChI=1S/C15H24N2O/c1-2-8-17(11-14-7-9-18-12-14)10-13-3-5-15(16)6-4-13/h3-6,14H,2,7-12,16H2,1H3. The van der Waals surface area contributed by atoms with E-state index < -0.39 is 0 Å². The van der Waals surface area contributed by atoms with Crippen LogP contribution in [0.4, 0.5) is 5.69 Å². The highest BCUT2D eigenvalue weighted by Gasteiger charge is 2.18. The molecule has 3 heteroatoms. The van der Waals surface area contributed by atoms with Crippen LogP contribution < -0.4 is 5.73 Å². The number of ether oxygens (including phenoxy) is 1. The predicted molar refractivity (Wildman–Crippen MR) is 75.3 cm³/mol. The predicted octanol–water partition coefficient (Wildman–Crippen LogP) is 2.52. The largest absolute Gasteiger partial charge is 0.399 e. The van der Waals surface area contributed by atoms with E-state index in [1.54, 1.807) is 0 Å². The normalized spacial score (nSPS) is 19.6. The van der Waals surface area contributed by atoms with Crippen molar-refractivity contribution < 1.29 is 4.74 Å². The number of benzene rings is 1. The summed E-state index contributed by atoms with van der Waals surface area (Å²) in [5.74, 6) is 0.713. The van der Waals surface area contributed by atoms with Crippen LogP contribution in [0.15, 0.2) is 24.3 Å². The smallest absolute Gasteiger partial charge is 0.0507 e. The molecule has 0 saturated carbocycles. The summed E-state index contributed by atoms with van der Waals surface area (Å²) >= 11 is 0. The zero-order chi connectivity index (χ0) is 12.8. The molecule has 1 atom stereocenters. The third kappa shape index (κ3) is 4.00. The van der Waals surface area contributed by atoms with E-state index >= 15 is 0 Å². The molecule has 0 aliphatic carbocycles. The summed E-state index contributed by atoms with van der Waals surface area (Å²) in [6.07, 6.45) is 2.41. The van der Waals surface area contributed by atoms with Gasteiger partial charge in [-0.1, -0.05) is 19.1 Å². The van der Waals surface area contributed by atoms with Crippen LogP contribution in [0, 0.1) is 5.92 Å². The van der Waals surface area contributed by atoms with Gasteiger partial charge in [0.25, 0.3) is 0 Å². The molecule has 18 heavy (non-hydrogen) atoms. The van der Waals surface area contributed by atoms with Crippen LogP contribution in [0.3, 0.4) is 0 Å². The van der Waals surface area contributed by atoms with E-state index in [2.05, 4.69) is 24.0 Å². The van der Waals surface area contributed by atoms with Gasteiger partial charge in [-0.05, 0) is 43.0 Å². The van der Waals surface area contributed by atoms with Crippen LogP contribution >= 0.6 is 0 Å². The fourth-order valence-corrected chi connectivity index (χ4v) is 2.52. The van der Waals surface area contributed by atoms with Crippen LogP contribution in [-0.2, 0) is 11.3 Å². The lowest BCUT2D eigenvalue weighted by Crippen LogP contribution is -2.30. The molecule has 1 aliphatic heterocycles. The van der Waals surface area contributed by atoms with E-state index in [9.17, 15) is 0 Å². The second-order valence-corrected chi connectivity index (χ2v) is 5.21. The first-order valence-corrected chi connectivity index (χ1v) is 6.92. The summed E-state index contributed by atoms with van der Waals surface area (Å²) in [6.45, 7) is 7.43. The highest BCUT2D eigenvalue weighted by atomic mass is 16.5. The van der Waals surface area contributed by atoms with Crippen LogP contribution in [-0.4, -0.2) is 31.2 Å². The third-order valence-electron chi connectivity index (χ3n) is 3.47. The second kappa shape index (κ2) is 6.76. The molecule has 3 nitrogen and oxygen atoms in total. The highest BCUT2D eigenvalue weighted by Crippen LogP contribution is 2.16. The first kappa shape index (κ1) is 13.4. The molecule has 1 aromatic carbocycles. The number of hydrogen-bond acceptors (Lipinski definition) is 3. The van der Waals surface area contributed by atoms with E-state index in [4.69, 9.17) is 10.5 Å². The van der Waals surface area contributed by atoms with E-state index in [-0.39, 0.29) is 0 Å². The monoisotopic (exact) mass is 248 g/mol. The second-order valence-electron chi connectivity index (χ2n) is 5.21. The first-order valence-electron chi connectivity index (χ1n) is 6.92. The molecule has 0 aromatic heterocycles. The van der Waals surface area contributed by atoms with Crippen molar-refractivity contribution in [1.82, 2.24) is 4.90 Å². The Balaban J connectivity index is 1.90. The van der Waals surface area contributed by atoms with Crippen LogP contribution in [0.1, 0.15) is 25.3 Å². The Kier molecular flexibility index (Phi) is 5.02. The molecular formula is C15H24N2O. The molecule has 1 heterocycles. The molecule has 2 N–H and O–H groups in total. The quantitative estimate of drug-likeness (QED) is 0.786. The van der Waals surface area contributed by atoms with Gasteiger partial charge in [0.2, 0.25) is 0 Å². The summed E-state index contributed by atoms with van der Waals surface area (Å²) in [5.41, 5.74) is 7.90. The Hall–Kier alpha value is -1.06. The molecule has 1 unspecified atom stereocenters. The zero-order valence-electron chi connectivity index (χ0n) is 11.3. The highest BCUT2D eigenvalue weighted by molar-refractivity contribution is 5.39. The summed E-state index contributed by atoms with van der Waals surface area (Å²) in [6, 6.07) is 8.22. The molecule has 0 radical (unpaired) electrons. The maximum atomic E-state index is 5.72. The van der Waals surface area contributed by atoms with Crippen molar-refractivity contribution in [1.29, 1.82) is 0 Å². The molecule has 1 aromatic rings. The van der Waals surface area contributed by atoms with Crippen LogP contribution in [0.5, 0.6) is 0 Å². The van der Waals surface area contributed by atoms with E-state index in [1.165, 1.54) is 18.4 Å². The summed E-state index contributed by atoms with van der Waals surface area (Å²) in [4.78, 5) is 2.53.